The summed E-state index contributed by atoms with van der Waals surface area (Å²) in [6, 6.07) is 8.49. The van der Waals surface area contributed by atoms with Crippen LogP contribution in [0.25, 0.3) is 28.0 Å². The molecule has 3 aromatic rings. The lowest BCUT2D eigenvalue weighted by Gasteiger charge is -2.47. The molecule has 0 unspecified atom stereocenters. The zero-order chi connectivity index (χ0) is 24.4. The number of aromatic nitrogens is 3. The molecule has 0 bridgehead atoms. The SMILES string of the molecule is CC.Cc1cc(/C(C=N)=C/N)ccc1-c1cnc2c(ccn2C2CC(C)(C)NC(C)(C)C2)n1. The molecule has 0 saturated carbocycles. The molecule has 1 saturated heterocycles. The van der Waals surface area contributed by atoms with E-state index in [1.807, 2.05) is 45.2 Å². The van der Waals surface area contributed by atoms with Crippen molar-refractivity contribution < 1.29 is 0 Å². The molecule has 0 spiro atoms. The highest BCUT2D eigenvalue weighted by molar-refractivity contribution is 6.08. The van der Waals surface area contributed by atoms with Crippen LogP contribution >= 0.6 is 0 Å². The van der Waals surface area contributed by atoms with E-state index in [0.29, 0.717) is 11.6 Å². The van der Waals surface area contributed by atoms with E-state index in [1.165, 1.54) is 12.4 Å². The summed E-state index contributed by atoms with van der Waals surface area (Å²) >= 11 is 0. The van der Waals surface area contributed by atoms with Crippen molar-refractivity contribution in [2.24, 2.45) is 5.73 Å². The molecule has 1 aromatic carbocycles. The fourth-order valence-corrected chi connectivity index (χ4v) is 5.18. The van der Waals surface area contributed by atoms with Gasteiger partial charge in [-0.3, -0.25) is 0 Å². The van der Waals surface area contributed by atoms with E-state index in [-0.39, 0.29) is 11.1 Å². The Morgan fingerprint density at radius 1 is 1.15 bits per heavy atom. The van der Waals surface area contributed by atoms with Crippen LogP contribution in [0.3, 0.4) is 0 Å². The molecule has 3 heterocycles. The first-order chi connectivity index (χ1) is 15.6. The van der Waals surface area contributed by atoms with Crippen LogP contribution < -0.4 is 11.1 Å². The predicted octanol–water partition coefficient (Wildman–Crippen LogP) is 5.86. The molecular formula is C27H38N6. The Morgan fingerprint density at radius 3 is 2.39 bits per heavy atom. The third-order valence-electron chi connectivity index (χ3n) is 6.15. The molecule has 1 aliphatic heterocycles. The molecule has 4 rings (SSSR count). The minimum absolute atomic E-state index is 0.0720. The van der Waals surface area contributed by atoms with Gasteiger partial charge in [0.25, 0.3) is 0 Å². The Morgan fingerprint density at radius 2 is 1.82 bits per heavy atom. The molecule has 0 radical (unpaired) electrons. The van der Waals surface area contributed by atoms with Crippen molar-refractivity contribution in [3.8, 4) is 11.3 Å². The number of hydrogen-bond donors (Lipinski definition) is 3. The smallest absolute Gasteiger partial charge is 0.158 e. The highest BCUT2D eigenvalue weighted by Gasteiger charge is 2.38. The van der Waals surface area contributed by atoms with Crippen molar-refractivity contribution in [2.45, 2.75) is 78.4 Å². The second kappa shape index (κ2) is 9.48. The fraction of sp³-hybridized carbons (Fsp3) is 0.444. The topological polar surface area (TPSA) is 92.6 Å². The van der Waals surface area contributed by atoms with Gasteiger partial charge in [-0.05, 0) is 64.7 Å². The number of nitrogens with two attached hydrogens (primary N) is 1. The summed E-state index contributed by atoms with van der Waals surface area (Å²) in [5.41, 5.74) is 12.2. The van der Waals surface area contributed by atoms with Gasteiger partial charge in [0.05, 0.1) is 11.9 Å². The summed E-state index contributed by atoms with van der Waals surface area (Å²) < 4.78 is 2.30. The molecule has 33 heavy (non-hydrogen) atoms. The Bertz CT molecular complexity index is 1150. The van der Waals surface area contributed by atoms with Crippen LogP contribution in [0.15, 0.2) is 42.9 Å². The number of fused-ring (bicyclic) bond motifs is 1. The minimum Gasteiger partial charge on any atom is -0.404 e. The average Bonchev–Trinajstić information content (AvgIpc) is 3.17. The van der Waals surface area contributed by atoms with Crippen molar-refractivity contribution in [3.63, 3.8) is 0 Å². The van der Waals surface area contributed by atoms with Gasteiger partial charge >= 0.3 is 0 Å². The van der Waals surface area contributed by atoms with Crippen molar-refractivity contribution >= 4 is 23.0 Å². The highest BCUT2D eigenvalue weighted by Crippen LogP contribution is 2.37. The van der Waals surface area contributed by atoms with Crippen molar-refractivity contribution in [3.05, 3.63) is 54.0 Å². The van der Waals surface area contributed by atoms with Crippen molar-refractivity contribution in [1.82, 2.24) is 19.9 Å². The van der Waals surface area contributed by atoms with Crippen LogP contribution in [0.5, 0.6) is 0 Å². The summed E-state index contributed by atoms with van der Waals surface area (Å²) in [6.45, 7) is 15.1. The molecule has 0 aliphatic carbocycles. The van der Waals surface area contributed by atoms with Crippen molar-refractivity contribution in [2.75, 3.05) is 0 Å². The maximum Gasteiger partial charge on any atom is 0.158 e. The first-order valence-electron chi connectivity index (χ1n) is 11.8. The molecule has 1 aliphatic rings. The van der Waals surface area contributed by atoms with Gasteiger partial charge in [0.2, 0.25) is 0 Å². The Kier molecular flexibility index (Phi) is 7.08. The monoisotopic (exact) mass is 446 g/mol. The van der Waals surface area contributed by atoms with Crippen LogP contribution in [0.1, 0.15) is 71.6 Å². The van der Waals surface area contributed by atoms with E-state index in [2.05, 4.69) is 49.8 Å². The maximum atomic E-state index is 7.51. The quantitative estimate of drug-likeness (QED) is 0.437. The first-order valence-corrected chi connectivity index (χ1v) is 11.8. The van der Waals surface area contributed by atoms with Gasteiger partial charge in [-0.25, -0.2) is 9.97 Å². The standard InChI is InChI=1S/C25H32N6.C2H6/c1-16-10-17(18(13-26)14-27)6-7-20(16)22-15-28-23-21(29-22)8-9-31(23)19-11-24(2,3)30-25(4,5)12-19;1-2/h6-10,13-15,19,26,30H,11-12,27H2,1-5H3;1-2H3/b18-14+,26-13?;. The normalized spacial score (nSPS) is 18.0. The molecule has 2 aromatic heterocycles. The second-order valence-corrected chi connectivity index (χ2v) is 9.94. The predicted molar refractivity (Wildman–Crippen MR) is 140 cm³/mol. The lowest BCUT2D eigenvalue weighted by molar-refractivity contribution is 0.134. The number of hydrogen-bond acceptors (Lipinski definition) is 5. The number of aryl methyl sites for hydroxylation is 1. The number of allylic oxidation sites excluding steroid dienone is 1. The fourth-order valence-electron chi connectivity index (χ4n) is 5.18. The number of benzene rings is 1. The molecule has 0 amide bonds. The molecule has 1 fully saturated rings. The molecule has 6 heteroatoms. The Labute approximate surface area is 197 Å². The molecular weight excluding hydrogens is 408 g/mol. The van der Waals surface area contributed by atoms with Crippen LogP contribution in [-0.2, 0) is 0 Å². The van der Waals surface area contributed by atoms with E-state index in [0.717, 1.165) is 46.4 Å². The van der Waals surface area contributed by atoms with Crippen LogP contribution in [0, 0.1) is 12.3 Å². The van der Waals surface area contributed by atoms with Crippen LogP contribution in [0.4, 0.5) is 0 Å². The maximum absolute atomic E-state index is 7.51. The van der Waals surface area contributed by atoms with Gasteiger partial charge in [0.1, 0.15) is 5.52 Å². The molecule has 4 N–H and O–H groups in total. The number of nitrogens with zero attached hydrogens (tertiary/aromatic N) is 3. The average molecular weight is 447 g/mol. The third kappa shape index (κ3) is 5.17. The zero-order valence-corrected chi connectivity index (χ0v) is 21.0. The van der Waals surface area contributed by atoms with Gasteiger partial charge in [-0.2, -0.15) is 0 Å². The van der Waals surface area contributed by atoms with Crippen molar-refractivity contribution in [1.29, 1.82) is 5.41 Å². The van der Waals surface area contributed by atoms with Crippen LogP contribution in [-0.4, -0.2) is 31.8 Å². The molecule has 6 nitrogen and oxygen atoms in total. The van der Waals surface area contributed by atoms with Crippen LogP contribution in [0.2, 0.25) is 0 Å². The van der Waals surface area contributed by atoms with E-state index < -0.39 is 0 Å². The van der Waals surface area contributed by atoms with E-state index in [9.17, 15) is 0 Å². The van der Waals surface area contributed by atoms with Gasteiger partial charge in [0, 0.05) is 46.9 Å². The van der Waals surface area contributed by atoms with E-state index in [1.54, 1.807) is 0 Å². The first kappa shape index (κ1) is 24.6. The third-order valence-corrected chi connectivity index (χ3v) is 6.15. The Balaban J connectivity index is 0.00000149. The summed E-state index contributed by atoms with van der Waals surface area (Å²) in [7, 11) is 0. The number of piperidine rings is 1. The van der Waals surface area contributed by atoms with Gasteiger partial charge in [0.15, 0.2) is 5.65 Å². The zero-order valence-electron chi connectivity index (χ0n) is 21.0. The number of nitrogens with one attached hydrogen (secondary N) is 2. The summed E-state index contributed by atoms with van der Waals surface area (Å²) in [4.78, 5) is 9.76. The second-order valence-electron chi connectivity index (χ2n) is 9.94. The van der Waals surface area contributed by atoms with Gasteiger partial charge in [-0.1, -0.05) is 32.0 Å². The largest absolute Gasteiger partial charge is 0.404 e. The van der Waals surface area contributed by atoms with E-state index in [4.69, 9.17) is 21.1 Å². The molecule has 176 valence electrons. The summed E-state index contributed by atoms with van der Waals surface area (Å²) in [5.74, 6) is 0. The summed E-state index contributed by atoms with van der Waals surface area (Å²) in [6.07, 6.45) is 8.83. The van der Waals surface area contributed by atoms with E-state index >= 15 is 0 Å². The minimum atomic E-state index is 0.0720. The Hall–Kier alpha value is -2.99. The lowest BCUT2D eigenvalue weighted by atomic mass is 9.79. The van der Waals surface area contributed by atoms with Gasteiger partial charge < -0.3 is 21.0 Å². The van der Waals surface area contributed by atoms with Gasteiger partial charge in [-0.15, -0.1) is 0 Å². The lowest BCUT2D eigenvalue weighted by Crippen LogP contribution is -2.57. The summed E-state index contributed by atoms with van der Waals surface area (Å²) in [5, 5.41) is 11.3. The number of rotatable bonds is 4. The highest BCUT2D eigenvalue weighted by atomic mass is 15.1. The molecule has 0 atom stereocenters.